The van der Waals surface area contributed by atoms with E-state index in [4.69, 9.17) is 0 Å². The minimum Gasteiger partial charge on any atom is -0.286 e. The van der Waals surface area contributed by atoms with Gasteiger partial charge in [-0.2, -0.15) is 9.40 Å². The van der Waals surface area contributed by atoms with E-state index in [1.807, 2.05) is 0 Å². The minimum atomic E-state index is -3.64. The number of aromatic nitrogens is 3. The average Bonchev–Trinajstić information content (AvgIpc) is 3.61. The number of carbonyl (C=O) groups is 1. The van der Waals surface area contributed by atoms with Gasteiger partial charge in [-0.25, -0.2) is 17.8 Å². The number of piperidine rings is 1. The molecule has 12 heteroatoms. The van der Waals surface area contributed by atoms with Crippen LogP contribution in [0.5, 0.6) is 0 Å². The van der Waals surface area contributed by atoms with Crippen molar-refractivity contribution in [2.45, 2.75) is 23.6 Å². The van der Waals surface area contributed by atoms with Crippen molar-refractivity contribution in [3.63, 3.8) is 0 Å². The molecule has 8 nitrogen and oxygen atoms in total. The molecule has 1 amide bonds. The Morgan fingerprint density at radius 1 is 1.24 bits per heavy atom. The zero-order valence-electron chi connectivity index (χ0n) is 18.1. The van der Waals surface area contributed by atoms with Crippen molar-refractivity contribution in [3.05, 3.63) is 60.0 Å². The van der Waals surface area contributed by atoms with Gasteiger partial charge in [-0.05, 0) is 42.5 Å². The molecule has 1 atom stereocenters. The standard InChI is InChI=1S/C22H22FN5O3S3/c23-17-6-1-7-18-20(17)25-22(33-18)28(13-12-26-10-4-9-24-26)21(29)16-5-2-11-27(15-16)34(30,31)19-8-3-14-32-19/h1,3-4,6-10,14,16H,2,5,11-13,15H2. The van der Waals surface area contributed by atoms with E-state index in [0.717, 1.165) is 0 Å². The first-order valence-electron chi connectivity index (χ1n) is 10.8. The average molecular weight is 520 g/mol. The molecule has 0 spiro atoms. The van der Waals surface area contributed by atoms with Crippen LogP contribution in [0.15, 0.2) is 58.4 Å². The highest BCUT2D eigenvalue weighted by molar-refractivity contribution is 7.91. The number of carbonyl (C=O) groups excluding carboxylic acids is 1. The van der Waals surface area contributed by atoms with E-state index in [1.165, 1.54) is 33.0 Å². The van der Waals surface area contributed by atoms with E-state index < -0.39 is 21.8 Å². The summed E-state index contributed by atoms with van der Waals surface area (Å²) < 4.78 is 44.4. The fourth-order valence-corrected chi connectivity index (χ4v) is 7.75. The van der Waals surface area contributed by atoms with E-state index in [1.54, 1.807) is 57.7 Å². The maximum atomic E-state index is 14.3. The normalized spacial score (nSPS) is 17.3. The van der Waals surface area contributed by atoms with Crippen LogP contribution >= 0.6 is 22.7 Å². The number of fused-ring (bicyclic) bond motifs is 1. The topological polar surface area (TPSA) is 88.4 Å². The summed E-state index contributed by atoms with van der Waals surface area (Å²) in [5.74, 6) is -1.17. The van der Waals surface area contributed by atoms with E-state index in [9.17, 15) is 17.6 Å². The molecule has 5 rings (SSSR count). The Hall–Kier alpha value is -2.67. The molecule has 0 saturated carbocycles. The molecule has 1 fully saturated rings. The summed E-state index contributed by atoms with van der Waals surface area (Å²) in [6.07, 6.45) is 4.62. The molecule has 4 aromatic rings. The van der Waals surface area contributed by atoms with E-state index in [-0.39, 0.29) is 28.7 Å². The van der Waals surface area contributed by atoms with Crippen LogP contribution < -0.4 is 4.90 Å². The monoisotopic (exact) mass is 519 g/mol. The SMILES string of the molecule is O=C(C1CCCN(S(=O)(=O)c2cccs2)C1)N(CCn1cccn1)c1nc2c(F)cccc2s1. The van der Waals surface area contributed by atoms with Gasteiger partial charge < -0.3 is 0 Å². The van der Waals surface area contributed by atoms with Crippen molar-refractivity contribution >= 4 is 54.0 Å². The second-order valence-electron chi connectivity index (χ2n) is 7.98. The fourth-order valence-electron chi connectivity index (χ4n) is 4.07. The Bertz CT molecular complexity index is 1390. The summed E-state index contributed by atoms with van der Waals surface area (Å²) >= 11 is 2.42. The fraction of sp³-hybridized carbons (Fsp3) is 0.318. The molecular formula is C22H22FN5O3S3. The number of hydrogen-bond acceptors (Lipinski definition) is 7. The lowest BCUT2D eigenvalue weighted by Gasteiger charge is -2.33. The Morgan fingerprint density at radius 3 is 2.85 bits per heavy atom. The molecule has 4 heterocycles. The quantitative estimate of drug-likeness (QED) is 0.370. The molecule has 1 unspecified atom stereocenters. The Morgan fingerprint density at radius 2 is 2.12 bits per heavy atom. The lowest BCUT2D eigenvalue weighted by atomic mass is 9.98. The summed E-state index contributed by atoms with van der Waals surface area (Å²) in [5, 5.41) is 6.32. The first-order valence-corrected chi connectivity index (χ1v) is 13.9. The zero-order valence-corrected chi connectivity index (χ0v) is 20.5. The molecule has 1 aliphatic heterocycles. The van der Waals surface area contributed by atoms with Crippen molar-refractivity contribution in [1.82, 2.24) is 19.1 Å². The van der Waals surface area contributed by atoms with Crippen LogP contribution in [0.3, 0.4) is 0 Å². The van der Waals surface area contributed by atoms with Gasteiger partial charge >= 0.3 is 0 Å². The largest absolute Gasteiger partial charge is 0.286 e. The number of halogens is 1. The summed E-state index contributed by atoms with van der Waals surface area (Å²) in [4.78, 5) is 19.7. The highest BCUT2D eigenvalue weighted by atomic mass is 32.2. The number of thiazole rings is 1. The number of anilines is 1. The number of rotatable bonds is 7. The third-order valence-electron chi connectivity index (χ3n) is 5.79. The van der Waals surface area contributed by atoms with Crippen molar-refractivity contribution < 1.29 is 17.6 Å². The van der Waals surface area contributed by atoms with Crippen molar-refractivity contribution in [1.29, 1.82) is 0 Å². The summed E-state index contributed by atoms with van der Waals surface area (Å²) in [6, 6.07) is 9.81. The predicted octanol–water partition coefficient (Wildman–Crippen LogP) is 3.83. The number of amides is 1. The van der Waals surface area contributed by atoms with Crippen LogP contribution in [0.2, 0.25) is 0 Å². The van der Waals surface area contributed by atoms with Crippen molar-refractivity contribution in [2.75, 3.05) is 24.5 Å². The van der Waals surface area contributed by atoms with E-state index >= 15 is 0 Å². The number of para-hydroxylation sites is 1. The van der Waals surface area contributed by atoms with Crippen LogP contribution in [-0.4, -0.2) is 53.0 Å². The van der Waals surface area contributed by atoms with Crippen LogP contribution in [0, 0.1) is 11.7 Å². The number of benzene rings is 1. The number of hydrogen-bond donors (Lipinski definition) is 0. The molecule has 1 saturated heterocycles. The molecule has 0 bridgehead atoms. The Labute approximate surface area is 204 Å². The maximum absolute atomic E-state index is 14.3. The third kappa shape index (κ3) is 4.50. The molecule has 0 N–H and O–H groups in total. The highest BCUT2D eigenvalue weighted by Crippen LogP contribution is 2.33. The van der Waals surface area contributed by atoms with Crippen molar-refractivity contribution in [2.24, 2.45) is 5.92 Å². The maximum Gasteiger partial charge on any atom is 0.252 e. The first kappa shape index (κ1) is 23.1. The van der Waals surface area contributed by atoms with Crippen LogP contribution in [0.1, 0.15) is 12.8 Å². The highest BCUT2D eigenvalue weighted by Gasteiger charge is 2.36. The van der Waals surface area contributed by atoms with Crippen LogP contribution in [0.4, 0.5) is 9.52 Å². The Kier molecular flexibility index (Phi) is 6.47. The van der Waals surface area contributed by atoms with Gasteiger partial charge in [-0.1, -0.05) is 23.5 Å². The van der Waals surface area contributed by atoms with Gasteiger partial charge in [0.25, 0.3) is 10.0 Å². The van der Waals surface area contributed by atoms with Crippen molar-refractivity contribution in [3.8, 4) is 0 Å². The molecular weight excluding hydrogens is 497 g/mol. The number of nitrogens with zero attached hydrogens (tertiary/aromatic N) is 5. The minimum absolute atomic E-state index is 0.108. The van der Waals surface area contributed by atoms with Gasteiger partial charge in [0, 0.05) is 32.0 Å². The summed E-state index contributed by atoms with van der Waals surface area (Å²) in [6.45, 7) is 1.21. The lowest BCUT2D eigenvalue weighted by Crippen LogP contribution is -2.47. The number of sulfonamides is 1. The number of thiophene rings is 1. The first-order chi connectivity index (χ1) is 16.4. The van der Waals surface area contributed by atoms with Gasteiger partial charge in [0.1, 0.15) is 15.5 Å². The lowest BCUT2D eigenvalue weighted by molar-refractivity contribution is -0.123. The Balaban J connectivity index is 1.42. The molecule has 0 aliphatic carbocycles. The van der Waals surface area contributed by atoms with Gasteiger partial charge in [0.15, 0.2) is 5.13 Å². The summed E-state index contributed by atoms with van der Waals surface area (Å²) in [7, 11) is -3.64. The predicted molar refractivity (Wildman–Crippen MR) is 130 cm³/mol. The molecule has 1 aromatic carbocycles. The van der Waals surface area contributed by atoms with Gasteiger partial charge in [0.2, 0.25) is 5.91 Å². The van der Waals surface area contributed by atoms with Gasteiger partial charge in [-0.3, -0.25) is 14.4 Å². The molecule has 1 aliphatic rings. The second kappa shape index (κ2) is 9.53. The second-order valence-corrected chi connectivity index (χ2v) is 12.1. The zero-order chi connectivity index (χ0) is 23.7. The van der Waals surface area contributed by atoms with Gasteiger partial charge in [0.05, 0.1) is 17.2 Å². The third-order valence-corrected chi connectivity index (χ3v) is 10.1. The van der Waals surface area contributed by atoms with E-state index in [0.29, 0.717) is 35.8 Å². The van der Waals surface area contributed by atoms with Crippen LogP contribution in [-0.2, 0) is 21.4 Å². The van der Waals surface area contributed by atoms with E-state index in [2.05, 4.69) is 10.1 Å². The van der Waals surface area contributed by atoms with Crippen LogP contribution in [0.25, 0.3) is 10.2 Å². The summed E-state index contributed by atoms with van der Waals surface area (Å²) in [5.41, 5.74) is 0.227. The molecule has 0 radical (unpaired) electrons. The molecule has 34 heavy (non-hydrogen) atoms. The molecule has 178 valence electrons. The molecule has 3 aromatic heterocycles. The smallest absolute Gasteiger partial charge is 0.252 e. The van der Waals surface area contributed by atoms with Gasteiger partial charge in [-0.15, -0.1) is 11.3 Å².